The van der Waals surface area contributed by atoms with Gasteiger partial charge in [0, 0.05) is 24.1 Å². The molecule has 1 aromatic heterocycles. The summed E-state index contributed by atoms with van der Waals surface area (Å²) in [6, 6.07) is 15.3. The van der Waals surface area contributed by atoms with Gasteiger partial charge in [0.25, 0.3) is 10.0 Å². The average molecular weight is 341 g/mol. The van der Waals surface area contributed by atoms with E-state index in [2.05, 4.69) is 10.5 Å². The molecule has 3 aromatic rings. The number of rotatable bonds is 4. The third-order valence-corrected chi connectivity index (χ3v) is 5.12. The van der Waals surface area contributed by atoms with Crippen molar-refractivity contribution in [2.75, 3.05) is 0 Å². The summed E-state index contributed by atoms with van der Waals surface area (Å²) in [6.07, 6.45) is 2.93. The van der Waals surface area contributed by atoms with Crippen molar-refractivity contribution < 1.29 is 13.2 Å². The van der Waals surface area contributed by atoms with E-state index in [1.165, 1.54) is 23.3 Å². The molecule has 0 spiro atoms. The van der Waals surface area contributed by atoms with Crippen LogP contribution in [-0.2, 0) is 14.8 Å². The van der Waals surface area contributed by atoms with E-state index in [1.54, 1.807) is 42.5 Å². The molecule has 7 heteroatoms. The van der Waals surface area contributed by atoms with Gasteiger partial charge in [-0.15, -0.1) is 0 Å². The maximum Gasteiger partial charge on any atom is 0.268 e. The van der Waals surface area contributed by atoms with Crippen molar-refractivity contribution in [2.24, 2.45) is 5.10 Å². The first-order valence-electron chi connectivity index (χ1n) is 7.20. The van der Waals surface area contributed by atoms with E-state index in [9.17, 15) is 13.2 Å². The lowest BCUT2D eigenvalue weighted by Crippen LogP contribution is -2.12. The molecule has 3 rings (SSSR count). The highest BCUT2D eigenvalue weighted by Crippen LogP contribution is 2.24. The molecule has 1 N–H and O–H groups in total. The fraction of sp³-hybridized carbons (Fsp3) is 0.0588. The van der Waals surface area contributed by atoms with Gasteiger partial charge in [-0.1, -0.05) is 36.4 Å². The zero-order chi connectivity index (χ0) is 17.2. The van der Waals surface area contributed by atoms with Gasteiger partial charge in [0.1, 0.15) is 0 Å². The minimum Gasteiger partial charge on any atom is -0.274 e. The third kappa shape index (κ3) is 2.93. The Morgan fingerprint density at radius 1 is 1.08 bits per heavy atom. The number of fused-ring (bicyclic) bond motifs is 1. The highest BCUT2D eigenvalue weighted by molar-refractivity contribution is 7.90. The number of hydrogen-bond acceptors (Lipinski definition) is 4. The Morgan fingerprint density at radius 2 is 1.75 bits per heavy atom. The predicted octanol–water partition coefficient (Wildman–Crippen LogP) is 2.35. The second-order valence-electron chi connectivity index (χ2n) is 5.14. The molecule has 6 nitrogen and oxygen atoms in total. The third-order valence-electron chi connectivity index (χ3n) is 3.43. The average Bonchev–Trinajstić information content (AvgIpc) is 2.95. The van der Waals surface area contributed by atoms with Crippen LogP contribution in [0.15, 0.2) is 70.8 Å². The Kier molecular flexibility index (Phi) is 4.18. The summed E-state index contributed by atoms with van der Waals surface area (Å²) in [6.45, 7) is 1.35. The summed E-state index contributed by atoms with van der Waals surface area (Å²) in [5.74, 6) is -0.299. The van der Waals surface area contributed by atoms with Crippen molar-refractivity contribution in [3.63, 3.8) is 0 Å². The second kappa shape index (κ2) is 6.29. The van der Waals surface area contributed by atoms with Gasteiger partial charge >= 0.3 is 0 Å². The van der Waals surface area contributed by atoms with E-state index in [0.29, 0.717) is 11.1 Å². The number of hydrazone groups is 1. The minimum absolute atomic E-state index is 0.205. The van der Waals surface area contributed by atoms with Crippen molar-refractivity contribution in [1.29, 1.82) is 0 Å². The Labute approximate surface area is 139 Å². The highest BCUT2D eigenvalue weighted by Gasteiger charge is 2.20. The molecule has 2 aromatic carbocycles. The number of hydrogen-bond donors (Lipinski definition) is 1. The predicted molar refractivity (Wildman–Crippen MR) is 92.4 cm³/mol. The zero-order valence-corrected chi connectivity index (χ0v) is 13.7. The van der Waals surface area contributed by atoms with Crippen LogP contribution in [0.2, 0.25) is 0 Å². The smallest absolute Gasteiger partial charge is 0.268 e. The van der Waals surface area contributed by atoms with Crippen LogP contribution in [0.4, 0.5) is 0 Å². The molecule has 0 radical (unpaired) electrons. The molecule has 1 amide bonds. The summed E-state index contributed by atoms with van der Waals surface area (Å²) in [7, 11) is -3.72. The lowest BCUT2D eigenvalue weighted by Gasteiger charge is -2.07. The van der Waals surface area contributed by atoms with E-state index in [-0.39, 0.29) is 10.8 Å². The monoisotopic (exact) mass is 341 g/mol. The van der Waals surface area contributed by atoms with Gasteiger partial charge in [-0.3, -0.25) is 4.79 Å². The molecule has 1 heterocycles. The van der Waals surface area contributed by atoms with E-state index in [1.807, 2.05) is 12.1 Å². The van der Waals surface area contributed by atoms with Gasteiger partial charge in [0.2, 0.25) is 5.91 Å². The van der Waals surface area contributed by atoms with Crippen LogP contribution < -0.4 is 5.43 Å². The number of benzene rings is 2. The molecule has 0 unspecified atom stereocenters. The molecule has 0 saturated heterocycles. The van der Waals surface area contributed by atoms with Gasteiger partial charge < -0.3 is 0 Å². The number of aromatic nitrogens is 1. The maximum atomic E-state index is 12.9. The number of nitrogens with one attached hydrogen (secondary N) is 1. The van der Waals surface area contributed by atoms with Crippen molar-refractivity contribution in [1.82, 2.24) is 9.40 Å². The van der Waals surface area contributed by atoms with Crippen molar-refractivity contribution in [3.8, 4) is 0 Å². The fourth-order valence-electron chi connectivity index (χ4n) is 2.38. The molecule has 0 aliphatic heterocycles. The van der Waals surface area contributed by atoms with Gasteiger partial charge in [-0.05, 0) is 18.2 Å². The standard InChI is InChI=1S/C17H15N3O3S/c1-13(21)19-18-11-14-12-20(17-10-6-5-9-16(14)17)24(22,23)15-7-3-2-4-8-15/h2-12H,1H3,(H,19,21)/b18-11-. The lowest BCUT2D eigenvalue weighted by molar-refractivity contribution is -0.118. The normalized spacial score (nSPS) is 11.9. The fourth-order valence-corrected chi connectivity index (χ4v) is 3.77. The van der Waals surface area contributed by atoms with E-state index in [4.69, 9.17) is 0 Å². The molecule has 0 fully saturated rings. The van der Waals surface area contributed by atoms with Gasteiger partial charge in [-0.25, -0.2) is 17.8 Å². The van der Waals surface area contributed by atoms with Crippen molar-refractivity contribution >= 4 is 33.0 Å². The SMILES string of the molecule is CC(=O)N/N=C\c1cn(S(=O)(=O)c2ccccc2)c2ccccc12. The summed E-state index contributed by atoms with van der Waals surface area (Å²) in [5.41, 5.74) is 3.45. The van der Waals surface area contributed by atoms with Crippen LogP contribution in [-0.4, -0.2) is 24.5 Å². The number of para-hydroxylation sites is 1. The molecule has 0 saturated carbocycles. The van der Waals surface area contributed by atoms with E-state index >= 15 is 0 Å². The molecule has 24 heavy (non-hydrogen) atoms. The molecule has 122 valence electrons. The van der Waals surface area contributed by atoms with E-state index < -0.39 is 10.0 Å². The quantitative estimate of drug-likeness (QED) is 0.584. The van der Waals surface area contributed by atoms with Crippen LogP contribution in [0.3, 0.4) is 0 Å². The Bertz CT molecular complexity index is 1020. The Hall–Kier alpha value is -2.93. The van der Waals surface area contributed by atoms with Crippen LogP contribution >= 0.6 is 0 Å². The highest BCUT2D eigenvalue weighted by atomic mass is 32.2. The van der Waals surface area contributed by atoms with Gasteiger partial charge in [0.05, 0.1) is 16.6 Å². The topological polar surface area (TPSA) is 80.5 Å². The minimum atomic E-state index is -3.72. The number of nitrogens with zero attached hydrogens (tertiary/aromatic N) is 2. The van der Waals surface area contributed by atoms with Crippen LogP contribution in [0.25, 0.3) is 10.9 Å². The largest absolute Gasteiger partial charge is 0.274 e. The van der Waals surface area contributed by atoms with Crippen LogP contribution in [0.1, 0.15) is 12.5 Å². The van der Waals surface area contributed by atoms with Crippen molar-refractivity contribution in [2.45, 2.75) is 11.8 Å². The number of carbonyl (C=O) groups excluding carboxylic acids is 1. The van der Waals surface area contributed by atoms with Gasteiger partial charge in [-0.2, -0.15) is 5.10 Å². The first kappa shape index (κ1) is 15.9. The maximum absolute atomic E-state index is 12.9. The van der Waals surface area contributed by atoms with Crippen molar-refractivity contribution in [3.05, 3.63) is 66.4 Å². The number of carbonyl (C=O) groups is 1. The molecule has 0 atom stereocenters. The second-order valence-corrected chi connectivity index (χ2v) is 6.96. The Morgan fingerprint density at radius 3 is 2.46 bits per heavy atom. The Balaban J connectivity index is 2.16. The molecule has 0 bridgehead atoms. The van der Waals surface area contributed by atoms with Crippen LogP contribution in [0.5, 0.6) is 0 Å². The zero-order valence-electron chi connectivity index (χ0n) is 12.9. The molecular formula is C17H15N3O3S. The number of amides is 1. The summed E-state index contributed by atoms with van der Waals surface area (Å²) >= 11 is 0. The van der Waals surface area contributed by atoms with Gasteiger partial charge in [0.15, 0.2) is 0 Å². The van der Waals surface area contributed by atoms with Crippen LogP contribution in [0, 0.1) is 0 Å². The van der Waals surface area contributed by atoms with E-state index in [0.717, 1.165) is 5.39 Å². The summed E-state index contributed by atoms with van der Waals surface area (Å²) < 4.78 is 27.0. The summed E-state index contributed by atoms with van der Waals surface area (Å²) in [4.78, 5) is 11.1. The molecular weight excluding hydrogens is 326 g/mol. The first-order chi connectivity index (χ1) is 11.5. The molecule has 0 aliphatic carbocycles. The summed E-state index contributed by atoms with van der Waals surface area (Å²) in [5, 5.41) is 4.55. The lowest BCUT2D eigenvalue weighted by atomic mass is 10.2. The molecule has 0 aliphatic rings. The first-order valence-corrected chi connectivity index (χ1v) is 8.64.